The first kappa shape index (κ1) is 13.6. The predicted molar refractivity (Wildman–Crippen MR) is 78.2 cm³/mol. The summed E-state index contributed by atoms with van der Waals surface area (Å²) in [4.78, 5) is 22.7. The number of hydrogen-bond acceptors (Lipinski definition) is 4. The van der Waals surface area contributed by atoms with Crippen molar-refractivity contribution in [2.75, 3.05) is 18.5 Å². The van der Waals surface area contributed by atoms with Crippen LogP contribution < -0.4 is 10.2 Å². The Labute approximate surface area is 123 Å². The Balaban J connectivity index is 1.74. The van der Waals surface area contributed by atoms with E-state index in [2.05, 4.69) is 15.3 Å². The summed E-state index contributed by atoms with van der Waals surface area (Å²) in [6, 6.07) is 0.382. The zero-order valence-electron chi connectivity index (χ0n) is 11.8. The van der Waals surface area contributed by atoms with Crippen molar-refractivity contribution < 1.29 is 4.79 Å². The van der Waals surface area contributed by atoms with Gasteiger partial charge in [-0.2, -0.15) is 0 Å². The van der Waals surface area contributed by atoms with Gasteiger partial charge < -0.3 is 10.2 Å². The number of aromatic nitrogens is 2. The van der Waals surface area contributed by atoms with Gasteiger partial charge in [-0.05, 0) is 32.6 Å². The molecule has 0 saturated heterocycles. The topological polar surface area (TPSA) is 58.1 Å². The van der Waals surface area contributed by atoms with Gasteiger partial charge in [-0.1, -0.05) is 11.6 Å². The van der Waals surface area contributed by atoms with Gasteiger partial charge in [-0.25, -0.2) is 9.97 Å². The van der Waals surface area contributed by atoms with E-state index < -0.39 is 0 Å². The summed E-state index contributed by atoms with van der Waals surface area (Å²) in [7, 11) is 1.87. The summed E-state index contributed by atoms with van der Waals surface area (Å²) in [5.74, 6) is 2.06. The lowest BCUT2D eigenvalue weighted by atomic mass is 10.3. The van der Waals surface area contributed by atoms with Crippen LogP contribution in [0.3, 0.4) is 0 Å². The number of carbonyl (C=O) groups excluding carboxylic acids is 1. The van der Waals surface area contributed by atoms with Gasteiger partial charge in [0, 0.05) is 24.6 Å². The summed E-state index contributed by atoms with van der Waals surface area (Å²) in [6.07, 6.45) is 4.45. The van der Waals surface area contributed by atoms with E-state index in [4.69, 9.17) is 11.6 Å². The second-order valence-electron chi connectivity index (χ2n) is 5.79. The molecule has 0 unspecified atom stereocenters. The number of rotatable bonds is 5. The molecule has 20 heavy (non-hydrogen) atoms. The van der Waals surface area contributed by atoms with Gasteiger partial charge in [-0.3, -0.25) is 4.79 Å². The molecule has 0 atom stereocenters. The predicted octanol–water partition coefficient (Wildman–Crippen LogP) is 2.03. The number of likely N-dealkylation sites (N-methyl/N-ethyl adjacent to an activating group) is 1. The van der Waals surface area contributed by atoms with Crippen LogP contribution >= 0.6 is 11.6 Å². The van der Waals surface area contributed by atoms with E-state index in [0.29, 0.717) is 23.7 Å². The maximum absolute atomic E-state index is 11.9. The molecule has 1 aromatic heterocycles. The van der Waals surface area contributed by atoms with Gasteiger partial charge in [0.15, 0.2) is 0 Å². The molecule has 0 spiro atoms. The lowest BCUT2D eigenvalue weighted by Crippen LogP contribution is -2.37. The smallest absolute Gasteiger partial charge is 0.239 e. The molecule has 5 nitrogen and oxygen atoms in total. The van der Waals surface area contributed by atoms with Crippen LogP contribution in [0.15, 0.2) is 0 Å². The third-order valence-corrected chi connectivity index (χ3v) is 4.07. The quantitative estimate of drug-likeness (QED) is 0.844. The molecule has 1 amide bonds. The SMILES string of the molecule is Cc1c(Cl)nc(C2CC2)nc1N(C)CC(=O)NC1CC1. The number of carbonyl (C=O) groups is 1. The van der Waals surface area contributed by atoms with Gasteiger partial charge in [0.2, 0.25) is 5.91 Å². The number of nitrogens with one attached hydrogen (secondary N) is 1. The van der Waals surface area contributed by atoms with Crippen molar-refractivity contribution >= 4 is 23.3 Å². The summed E-state index contributed by atoms with van der Waals surface area (Å²) in [5.41, 5.74) is 0.831. The first-order chi connectivity index (χ1) is 9.54. The molecule has 1 N–H and O–H groups in total. The Morgan fingerprint density at radius 1 is 1.35 bits per heavy atom. The van der Waals surface area contributed by atoms with Crippen LogP contribution in [-0.2, 0) is 4.79 Å². The van der Waals surface area contributed by atoms with Crippen molar-refractivity contribution in [1.29, 1.82) is 0 Å². The first-order valence-corrected chi connectivity index (χ1v) is 7.47. The van der Waals surface area contributed by atoms with Crippen LogP contribution in [0.5, 0.6) is 0 Å². The van der Waals surface area contributed by atoms with Crippen molar-refractivity contribution in [3.63, 3.8) is 0 Å². The maximum atomic E-state index is 11.9. The average molecular weight is 295 g/mol. The lowest BCUT2D eigenvalue weighted by molar-refractivity contribution is -0.119. The van der Waals surface area contributed by atoms with Crippen LogP contribution in [-0.4, -0.2) is 35.5 Å². The molecule has 1 heterocycles. The van der Waals surface area contributed by atoms with Crippen molar-refractivity contribution in [3.05, 3.63) is 16.5 Å². The normalized spacial score (nSPS) is 17.9. The van der Waals surface area contributed by atoms with Crippen LogP contribution in [0.4, 0.5) is 5.82 Å². The van der Waals surface area contributed by atoms with E-state index >= 15 is 0 Å². The Bertz CT molecular complexity index is 540. The standard InChI is InChI=1S/C14H19ClN4O/c1-8-12(15)17-13(9-3-4-9)18-14(8)19(2)7-11(20)16-10-5-6-10/h9-10H,3-7H2,1-2H3,(H,16,20). The van der Waals surface area contributed by atoms with E-state index in [1.54, 1.807) is 0 Å². The molecular weight excluding hydrogens is 276 g/mol. The molecule has 1 aromatic rings. The van der Waals surface area contributed by atoms with E-state index in [1.807, 2.05) is 18.9 Å². The maximum Gasteiger partial charge on any atom is 0.239 e. The van der Waals surface area contributed by atoms with Crippen molar-refractivity contribution in [2.45, 2.75) is 44.6 Å². The van der Waals surface area contributed by atoms with E-state index in [1.165, 1.54) is 0 Å². The summed E-state index contributed by atoms with van der Waals surface area (Å²) in [6.45, 7) is 2.19. The Morgan fingerprint density at radius 3 is 2.65 bits per heavy atom. The molecule has 2 fully saturated rings. The second-order valence-corrected chi connectivity index (χ2v) is 6.15. The number of amides is 1. The summed E-state index contributed by atoms with van der Waals surface area (Å²) < 4.78 is 0. The third kappa shape index (κ3) is 3.03. The molecule has 2 saturated carbocycles. The molecule has 108 valence electrons. The molecule has 0 bridgehead atoms. The number of hydrogen-bond donors (Lipinski definition) is 1. The minimum atomic E-state index is 0.0390. The molecule has 6 heteroatoms. The molecule has 2 aliphatic carbocycles. The van der Waals surface area contributed by atoms with Crippen molar-refractivity contribution in [1.82, 2.24) is 15.3 Å². The van der Waals surface area contributed by atoms with Gasteiger partial charge >= 0.3 is 0 Å². The molecule has 0 aromatic carbocycles. The number of anilines is 1. The summed E-state index contributed by atoms with van der Waals surface area (Å²) >= 11 is 6.19. The molecule has 0 aliphatic heterocycles. The van der Waals surface area contributed by atoms with E-state index in [-0.39, 0.29) is 5.91 Å². The van der Waals surface area contributed by atoms with Crippen LogP contribution in [0, 0.1) is 6.92 Å². The van der Waals surface area contributed by atoms with Crippen molar-refractivity contribution in [2.24, 2.45) is 0 Å². The molecule has 3 rings (SSSR count). The van der Waals surface area contributed by atoms with Gasteiger partial charge in [0.25, 0.3) is 0 Å². The van der Waals surface area contributed by atoms with E-state index in [9.17, 15) is 4.79 Å². The highest BCUT2D eigenvalue weighted by atomic mass is 35.5. The lowest BCUT2D eigenvalue weighted by Gasteiger charge is -2.20. The fourth-order valence-corrected chi connectivity index (χ4v) is 2.35. The van der Waals surface area contributed by atoms with Gasteiger partial charge in [-0.15, -0.1) is 0 Å². The van der Waals surface area contributed by atoms with Crippen LogP contribution in [0.25, 0.3) is 0 Å². The zero-order valence-corrected chi connectivity index (χ0v) is 12.6. The third-order valence-electron chi connectivity index (χ3n) is 3.71. The van der Waals surface area contributed by atoms with Crippen LogP contribution in [0.1, 0.15) is 43.0 Å². The van der Waals surface area contributed by atoms with Crippen molar-refractivity contribution in [3.8, 4) is 0 Å². The monoisotopic (exact) mass is 294 g/mol. The van der Waals surface area contributed by atoms with Gasteiger partial charge in [0.1, 0.15) is 16.8 Å². The highest BCUT2D eigenvalue weighted by molar-refractivity contribution is 6.30. The molecule has 0 radical (unpaired) electrons. The van der Waals surface area contributed by atoms with Crippen LogP contribution in [0.2, 0.25) is 5.15 Å². The second kappa shape index (κ2) is 5.20. The molecular formula is C14H19ClN4O. The Kier molecular flexibility index (Phi) is 3.54. The average Bonchev–Trinajstić information content (AvgIpc) is 3.24. The highest BCUT2D eigenvalue weighted by Gasteiger charge is 2.29. The Morgan fingerprint density at radius 2 is 2.05 bits per heavy atom. The number of nitrogens with zero attached hydrogens (tertiary/aromatic N) is 3. The molecule has 2 aliphatic rings. The first-order valence-electron chi connectivity index (χ1n) is 7.09. The highest BCUT2D eigenvalue weighted by Crippen LogP contribution is 2.39. The largest absolute Gasteiger partial charge is 0.352 e. The van der Waals surface area contributed by atoms with E-state index in [0.717, 1.165) is 42.9 Å². The van der Waals surface area contributed by atoms with Gasteiger partial charge in [0.05, 0.1) is 6.54 Å². The Hall–Kier alpha value is -1.36. The fourth-order valence-electron chi connectivity index (χ4n) is 2.18. The minimum absolute atomic E-state index is 0.0390. The minimum Gasteiger partial charge on any atom is -0.352 e. The number of halogens is 1. The zero-order chi connectivity index (χ0) is 14.3. The summed E-state index contributed by atoms with van der Waals surface area (Å²) in [5, 5.41) is 3.47. The fraction of sp³-hybridized carbons (Fsp3) is 0.643.